The van der Waals surface area contributed by atoms with E-state index in [9.17, 15) is 4.79 Å². The van der Waals surface area contributed by atoms with Crippen molar-refractivity contribution < 1.29 is 14.6 Å². The summed E-state index contributed by atoms with van der Waals surface area (Å²) in [6.07, 6.45) is 0.0951. The molecule has 0 aliphatic carbocycles. The van der Waals surface area contributed by atoms with Crippen LogP contribution in [0.4, 0.5) is 0 Å². The van der Waals surface area contributed by atoms with E-state index in [1.54, 1.807) is 12.1 Å². The van der Waals surface area contributed by atoms with Gasteiger partial charge in [0.05, 0.1) is 6.10 Å². The number of benzene rings is 1. The molecule has 0 aromatic heterocycles. The number of carboxylic acids is 1. The minimum absolute atomic E-state index is 0.0951. The van der Waals surface area contributed by atoms with Gasteiger partial charge in [-0.15, -0.1) is 0 Å². The van der Waals surface area contributed by atoms with Gasteiger partial charge in [-0.3, -0.25) is 4.79 Å². The number of hydrogen-bond acceptors (Lipinski definition) is 2. The topological polar surface area (TPSA) is 46.5 Å². The highest BCUT2D eigenvalue weighted by atomic mass is 127. The lowest BCUT2D eigenvalue weighted by Gasteiger charge is -2.11. The molecule has 1 unspecified atom stereocenters. The van der Waals surface area contributed by atoms with E-state index in [0.29, 0.717) is 5.75 Å². The maximum Gasteiger partial charge on any atom is 0.321 e. The van der Waals surface area contributed by atoms with Gasteiger partial charge in [-0.1, -0.05) is 34.7 Å². The van der Waals surface area contributed by atoms with Gasteiger partial charge in [0, 0.05) is 0 Å². The molecule has 4 heteroatoms. The molecular weight excluding hydrogens is 307 g/mol. The number of rotatable bonds is 4. The Morgan fingerprint density at radius 3 is 2.67 bits per heavy atom. The number of ether oxygens (including phenoxy) is 1. The largest absolute Gasteiger partial charge is 0.491 e. The molecule has 15 heavy (non-hydrogen) atoms. The Balaban J connectivity index is 2.87. The third-order valence-electron chi connectivity index (χ3n) is 1.74. The maximum atomic E-state index is 10.8. The Kier molecular flexibility index (Phi) is 4.38. The summed E-state index contributed by atoms with van der Waals surface area (Å²) >= 11 is 1.89. The van der Waals surface area contributed by atoms with Crippen LogP contribution in [0, 0.1) is 0 Å². The highest BCUT2D eigenvalue weighted by Crippen LogP contribution is 2.26. The van der Waals surface area contributed by atoms with E-state index in [1.807, 2.05) is 48.6 Å². The van der Waals surface area contributed by atoms with Crippen LogP contribution >= 0.6 is 22.6 Å². The molecule has 0 radical (unpaired) electrons. The molecule has 3 nitrogen and oxygen atoms in total. The second-order valence-electron chi connectivity index (χ2n) is 3.44. The van der Waals surface area contributed by atoms with Gasteiger partial charge in [0.25, 0.3) is 0 Å². The molecule has 0 aliphatic rings. The quantitative estimate of drug-likeness (QED) is 0.685. The number of carbonyl (C=O) groups is 1. The van der Waals surface area contributed by atoms with Gasteiger partial charge in [0.2, 0.25) is 0 Å². The van der Waals surface area contributed by atoms with E-state index in [1.165, 1.54) is 0 Å². The van der Waals surface area contributed by atoms with Crippen molar-refractivity contribution in [3.05, 3.63) is 29.8 Å². The molecular formula is C11H13IO3. The predicted molar refractivity (Wildman–Crippen MR) is 66.6 cm³/mol. The maximum absolute atomic E-state index is 10.8. The predicted octanol–water partition coefficient (Wildman–Crippen LogP) is 3.03. The first-order valence-electron chi connectivity index (χ1n) is 4.64. The zero-order chi connectivity index (χ0) is 11.4. The highest BCUT2D eigenvalue weighted by molar-refractivity contribution is 14.1. The van der Waals surface area contributed by atoms with Crippen LogP contribution in [-0.4, -0.2) is 17.2 Å². The molecule has 82 valence electrons. The van der Waals surface area contributed by atoms with Crippen molar-refractivity contribution in [2.75, 3.05) is 0 Å². The average Bonchev–Trinajstić information content (AvgIpc) is 2.16. The zero-order valence-corrected chi connectivity index (χ0v) is 10.8. The van der Waals surface area contributed by atoms with Crippen LogP contribution in [0.25, 0.3) is 0 Å². The first-order chi connectivity index (χ1) is 7.00. The first kappa shape index (κ1) is 12.3. The Morgan fingerprint density at radius 1 is 1.47 bits per heavy atom. The van der Waals surface area contributed by atoms with Crippen LogP contribution in [0.5, 0.6) is 5.75 Å². The number of halogens is 1. The smallest absolute Gasteiger partial charge is 0.321 e. The number of aliphatic carboxylic acids is 1. The standard InChI is InChI=1S/C11H13IO3/c1-7(2)15-9-5-3-4-8(6-9)10(12)11(13)14/h3-7,10H,1-2H3,(H,13,14). The Morgan fingerprint density at radius 2 is 2.13 bits per heavy atom. The van der Waals surface area contributed by atoms with Gasteiger partial charge in [-0.05, 0) is 31.5 Å². The highest BCUT2D eigenvalue weighted by Gasteiger charge is 2.15. The average molecular weight is 320 g/mol. The van der Waals surface area contributed by atoms with Crippen molar-refractivity contribution in [3.8, 4) is 5.75 Å². The molecule has 0 heterocycles. The van der Waals surface area contributed by atoms with Crippen LogP contribution in [0.2, 0.25) is 0 Å². The molecule has 0 fully saturated rings. The van der Waals surface area contributed by atoms with E-state index in [-0.39, 0.29) is 6.10 Å². The molecule has 0 saturated carbocycles. The van der Waals surface area contributed by atoms with Crippen molar-refractivity contribution in [1.82, 2.24) is 0 Å². The van der Waals surface area contributed by atoms with Gasteiger partial charge < -0.3 is 9.84 Å². The SMILES string of the molecule is CC(C)Oc1cccc(C(I)C(=O)O)c1. The fraction of sp³-hybridized carbons (Fsp3) is 0.364. The summed E-state index contributed by atoms with van der Waals surface area (Å²) in [7, 11) is 0. The molecule has 1 rings (SSSR count). The summed E-state index contributed by atoms with van der Waals surface area (Å²) in [5, 5.41) is 8.86. The molecule has 0 aliphatic heterocycles. The number of hydrogen-bond donors (Lipinski definition) is 1. The molecule has 0 bridgehead atoms. The molecule has 0 spiro atoms. The molecule has 1 atom stereocenters. The van der Waals surface area contributed by atoms with E-state index < -0.39 is 9.89 Å². The molecule has 1 aromatic carbocycles. The Bertz CT molecular complexity index is 349. The van der Waals surface area contributed by atoms with Gasteiger partial charge in [0.1, 0.15) is 9.67 Å². The van der Waals surface area contributed by atoms with Gasteiger partial charge in [-0.2, -0.15) is 0 Å². The van der Waals surface area contributed by atoms with E-state index in [4.69, 9.17) is 9.84 Å². The lowest BCUT2D eigenvalue weighted by Crippen LogP contribution is -2.07. The molecule has 0 amide bonds. The summed E-state index contributed by atoms with van der Waals surface area (Å²) in [4.78, 5) is 10.8. The van der Waals surface area contributed by atoms with Crippen LogP contribution in [0.15, 0.2) is 24.3 Å². The van der Waals surface area contributed by atoms with Crippen LogP contribution in [0.1, 0.15) is 23.3 Å². The molecule has 1 N–H and O–H groups in total. The van der Waals surface area contributed by atoms with Crippen LogP contribution in [-0.2, 0) is 4.79 Å². The minimum Gasteiger partial charge on any atom is -0.491 e. The third-order valence-corrected chi connectivity index (χ3v) is 2.99. The summed E-state index contributed by atoms with van der Waals surface area (Å²) < 4.78 is 4.96. The summed E-state index contributed by atoms with van der Waals surface area (Å²) in [5.41, 5.74) is 0.751. The van der Waals surface area contributed by atoms with E-state index in [2.05, 4.69) is 0 Å². The first-order valence-corrected chi connectivity index (χ1v) is 5.88. The van der Waals surface area contributed by atoms with Crippen LogP contribution in [0.3, 0.4) is 0 Å². The summed E-state index contributed by atoms with van der Waals surface area (Å²) in [5.74, 6) is -0.122. The van der Waals surface area contributed by atoms with Crippen molar-refractivity contribution in [1.29, 1.82) is 0 Å². The normalized spacial score (nSPS) is 12.5. The van der Waals surface area contributed by atoms with Crippen molar-refractivity contribution in [2.45, 2.75) is 23.9 Å². The number of alkyl halides is 1. The summed E-state index contributed by atoms with van der Waals surface area (Å²) in [6.45, 7) is 3.87. The molecule has 1 aromatic rings. The second kappa shape index (κ2) is 5.34. The fourth-order valence-electron chi connectivity index (χ4n) is 1.16. The Hall–Kier alpha value is -0.780. The number of carboxylic acid groups (broad SMARTS) is 1. The lowest BCUT2D eigenvalue weighted by molar-refractivity contribution is -0.136. The van der Waals surface area contributed by atoms with Crippen molar-refractivity contribution >= 4 is 28.6 Å². The molecule has 0 saturated heterocycles. The minimum atomic E-state index is -0.836. The lowest BCUT2D eigenvalue weighted by atomic mass is 10.1. The summed E-state index contributed by atoms with van der Waals surface area (Å²) in [6, 6.07) is 7.19. The van der Waals surface area contributed by atoms with Gasteiger partial charge in [0.15, 0.2) is 0 Å². The second-order valence-corrected chi connectivity index (χ2v) is 4.69. The fourth-order valence-corrected chi connectivity index (χ4v) is 1.55. The van der Waals surface area contributed by atoms with Crippen molar-refractivity contribution in [3.63, 3.8) is 0 Å². The third kappa shape index (κ3) is 3.70. The van der Waals surface area contributed by atoms with Gasteiger partial charge >= 0.3 is 5.97 Å². The zero-order valence-electron chi connectivity index (χ0n) is 8.61. The van der Waals surface area contributed by atoms with E-state index >= 15 is 0 Å². The van der Waals surface area contributed by atoms with Gasteiger partial charge in [-0.25, -0.2) is 0 Å². The Labute approximate surface area is 103 Å². The van der Waals surface area contributed by atoms with E-state index in [0.717, 1.165) is 5.56 Å². The van der Waals surface area contributed by atoms with Crippen molar-refractivity contribution in [2.24, 2.45) is 0 Å². The van der Waals surface area contributed by atoms with Crippen LogP contribution < -0.4 is 4.74 Å². The monoisotopic (exact) mass is 320 g/mol.